The molecule has 0 fully saturated rings. The summed E-state index contributed by atoms with van der Waals surface area (Å²) in [6, 6.07) is 14.1. The monoisotopic (exact) mass is 362 g/mol. The third-order valence-corrected chi connectivity index (χ3v) is 3.80. The molecular weight excluding hydrogens is 344 g/mol. The van der Waals surface area contributed by atoms with E-state index in [0.717, 1.165) is 5.69 Å². The topological polar surface area (TPSA) is 93.2 Å². The van der Waals surface area contributed by atoms with Gasteiger partial charge in [-0.15, -0.1) is 0 Å². The van der Waals surface area contributed by atoms with E-state index in [9.17, 15) is 9.59 Å². The molecule has 7 heteroatoms. The smallest absolute Gasteiger partial charge is 0.275 e. The highest BCUT2D eigenvalue weighted by Crippen LogP contribution is 2.23. The van der Waals surface area contributed by atoms with Crippen LogP contribution in [0.5, 0.6) is 5.75 Å². The summed E-state index contributed by atoms with van der Waals surface area (Å²) < 4.78 is 5.21. The Kier molecular flexibility index (Phi) is 5.41. The average molecular weight is 362 g/mol. The van der Waals surface area contributed by atoms with Crippen molar-refractivity contribution >= 4 is 28.9 Å². The number of hydrogen-bond donors (Lipinski definition) is 2. The third kappa shape index (κ3) is 4.46. The highest BCUT2D eigenvalue weighted by Gasteiger charge is 2.11. The minimum absolute atomic E-state index is 0.00625. The largest absolute Gasteiger partial charge is 0.495 e. The Bertz CT molecular complexity index is 954. The van der Waals surface area contributed by atoms with Crippen LogP contribution in [0.3, 0.4) is 0 Å². The molecule has 0 radical (unpaired) electrons. The molecule has 1 aromatic heterocycles. The van der Waals surface area contributed by atoms with Crippen molar-refractivity contribution in [3.8, 4) is 5.75 Å². The summed E-state index contributed by atoms with van der Waals surface area (Å²) in [6.45, 7) is 1.52. The molecule has 0 aliphatic rings. The van der Waals surface area contributed by atoms with Gasteiger partial charge in [0.2, 0.25) is 0 Å². The molecule has 2 N–H and O–H groups in total. The highest BCUT2D eigenvalue weighted by atomic mass is 16.5. The van der Waals surface area contributed by atoms with Gasteiger partial charge in [0, 0.05) is 11.3 Å². The van der Waals surface area contributed by atoms with Crippen LogP contribution in [-0.2, 0) is 0 Å². The van der Waals surface area contributed by atoms with Crippen LogP contribution >= 0.6 is 0 Å². The average Bonchev–Trinajstić information content (AvgIpc) is 2.69. The summed E-state index contributed by atoms with van der Waals surface area (Å²) in [4.78, 5) is 32.0. The molecule has 2 aromatic carbocycles. The molecule has 0 aliphatic heterocycles. The summed E-state index contributed by atoms with van der Waals surface area (Å²) in [5, 5.41) is 5.81. The lowest BCUT2D eigenvalue weighted by molar-refractivity contribution is 0.101. The maximum Gasteiger partial charge on any atom is 0.275 e. The van der Waals surface area contributed by atoms with Gasteiger partial charge < -0.3 is 15.4 Å². The molecule has 0 unspecified atom stereocenters. The van der Waals surface area contributed by atoms with Gasteiger partial charge in [0.15, 0.2) is 5.78 Å². The first-order valence-electron chi connectivity index (χ1n) is 8.21. The van der Waals surface area contributed by atoms with Crippen molar-refractivity contribution in [3.05, 3.63) is 72.2 Å². The number of methoxy groups -OCH3 is 1. The Balaban J connectivity index is 1.67. The number of hydrogen-bond acceptors (Lipinski definition) is 6. The Morgan fingerprint density at radius 1 is 0.963 bits per heavy atom. The Hall–Kier alpha value is -3.74. The number of carbonyl (C=O) groups is 2. The molecule has 0 saturated carbocycles. The van der Waals surface area contributed by atoms with Crippen LogP contribution in [0.2, 0.25) is 0 Å². The number of benzene rings is 2. The van der Waals surface area contributed by atoms with Gasteiger partial charge in [-0.25, -0.2) is 9.97 Å². The fourth-order valence-electron chi connectivity index (χ4n) is 2.38. The number of ether oxygens (including phenoxy) is 1. The Labute approximate surface area is 156 Å². The van der Waals surface area contributed by atoms with Gasteiger partial charge in [-0.3, -0.25) is 9.59 Å². The molecule has 1 heterocycles. The van der Waals surface area contributed by atoms with E-state index in [1.807, 2.05) is 6.07 Å². The van der Waals surface area contributed by atoms with E-state index in [0.29, 0.717) is 22.8 Å². The van der Waals surface area contributed by atoms with Gasteiger partial charge in [-0.1, -0.05) is 12.1 Å². The van der Waals surface area contributed by atoms with Crippen LogP contribution in [0.25, 0.3) is 0 Å². The zero-order valence-corrected chi connectivity index (χ0v) is 14.9. The second-order valence-corrected chi connectivity index (χ2v) is 5.70. The van der Waals surface area contributed by atoms with Crippen molar-refractivity contribution in [2.24, 2.45) is 0 Å². The standard InChI is InChI=1S/C20H18N4O3/c1-13(25)14-7-9-15(10-8-14)23-19-12-21-17(11-22-19)20(26)24-16-5-3-4-6-18(16)27-2/h3-12H,1-2H3,(H,22,23)(H,24,26). The minimum Gasteiger partial charge on any atom is -0.495 e. The van der Waals surface area contributed by atoms with E-state index in [-0.39, 0.29) is 17.4 Å². The number of nitrogens with zero attached hydrogens (tertiary/aromatic N) is 2. The van der Waals surface area contributed by atoms with Crippen molar-refractivity contribution in [3.63, 3.8) is 0 Å². The summed E-state index contributed by atoms with van der Waals surface area (Å²) in [6.07, 6.45) is 2.85. The Morgan fingerprint density at radius 3 is 2.33 bits per heavy atom. The molecule has 0 saturated heterocycles. The molecule has 0 spiro atoms. The maximum atomic E-state index is 12.3. The van der Waals surface area contributed by atoms with Gasteiger partial charge in [-0.2, -0.15) is 0 Å². The number of aromatic nitrogens is 2. The van der Waals surface area contributed by atoms with Crippen LogP contribution in [-0.4, -0.2) is 28.8 Å². The molecule has 1 amide bonds. The molecule has 27 heavy (non-hydrogen) atoms. The summed E-state index contributed by atoms with van der Waals surface area (Å²) in [5.41, 5.74) is 2.13. The zero-order chi connectivity index (χ0) is 19.2. The molecule has 3 aromatic rings. The number of Topliss-reactive ketones (excluding diaryl/α,β-unsaturated/α-hetero) is 1. The second kappa shape index (κ2) is 8.09. The van der Waals surface area contributed by atoms with Crippen molar-refractivity contribution < 1.29 is 14.3 Å². The SMILES string of the molecule is COc1ccccc1NC(=O)c1cnc(Nc2ccc(C(C)=O)cc2)cn1. The summed E-state index contributed by atoms with van der Waals surface area (Å²) in [5.74, 6) is 0.668. The number of carbonyl (C=O) groups excluding carboxylic acids is 2. The van der Waals surface area contributed by atoms with Gasteiger partial charge in [0.25, 0.3) is 5.91 Å². The first kappa shape index (κ1) is 18.1. The van der Waals surface area contributed by atoms with Gasteiger partial charge in [0.05, 0.1) is 25.2 Å². The number of anilines is 3. The number of amides is 1. The molecule has 0 atom stereocenters. The van der Waals surface area contributed by atoms with Crippen LogP contribution in [0.4, 0.5) is 17.2 Å². The number of para-hydroxylation sites is 2. The van der Waals surface area contributed by atoms with Crippen LogP contribution in [0.15, 0.2) is 60.9 Å². The molecule has 3 rings (SSSR count). The lowest BCUT2D eigenvalue weighted by atomic mass is 10.1. The van der Waals surface area contributed by atoms with E-state index in [1.54, 1.807) is 42.5 Å². The molecular formula is C20H18N4O3. The quantitative estimate of drug-likeness (QED) is 0.650. The predicted octanol–water partition coefficient (Wildman–Crippen LogP) is 3.68. The highest BCUT2D eigenvalue weighted by molar-refractivity contribution is 6.03. The fourth-order valence-corrected chi connectivity index (χ4v) is 2.38. The first-order chi connectivity index (χ1) is 13.1. The number of nitrogens with one attached hydrogen (secondary N) is 2. The summed E-state index contributed by atoms with van der Waals surface area (Å²) in [7, 11) is 1.54. The second-order valence-electron chi connectivity index (χ2n) is 5.70. The fraction of sp³-hybridized carbons (Fsp3) is 0.100. The van der Waals surface area contributed by atoms with E-state index in [4.69, 9.17) is 4.74 Å². The van der Waals surface area contributed by atoms with Gasteiger partial charge in [-0.05, 0) is 43.3 Å². The van der Waals surface area contributed by atoms with Crippen molar-refractivity contribution in [1.29, 1.82) is 0 Å². The summed E-state index contributed by atoms with van der Waals surface area (Å²) >= 11 is 0. The van der Waals surface area contributed by atoms with Crippen LogP contribution < -0.4 is 15.4 Å². The van der Waals surface area contributed by atoms with Gasteiger partial charge >= 0.3 is 0 Å². The predicted molar refractivity (Wildman–Crippen MR) is 103 cm³/mol. The minimum atomic E-state index is -0.385. The van der Waals surface area contributed by atoms with E-state index in [1.165, 1.54) is 26.4 Å². The zero-order valence-electron chi connectivity index (χ0n) is 14.9. The molecule has 7 nitrogen and oxygen atoms in total. The first-order valence-corrected chi connectivity index (χ1v) is 8.21. The number of ketones is 1. The van der Waals surface area contributed by atoms with Crippen molar-refractivity contribution in [2.75, 3.05) is 17.7 Å². The molecule has 0 aliphatic carbocycles. The molecule has 136 valence electrons. The molecule has 0 bridgehead atoms. The van der Waals surface area contributed by atoms with Crippen molar-refractivity contribution in [2.45, 2.75) is 6.92 Å². The van der Waals surface area contributed by atoms with Crippen LogP contribution in [0, 0.1) is 0 Å². The maximum absolute atomic E-state index is 12.3. The normalized spacial score (nSPS) is 10.1. The lowest BCUT2D eigenvalue weighted by Crippen LogP contribution is -2.14. The van der Waals surface area contributed by atoms with E-state index >= 15 is 0 Å². The van der Waals surface area contributed by atoms with E-state index in [2.05, 4.69) is 20.6 Å². The number of rotatable bonds is 6. The van der Waals surface area contributed by atoms with E-state index < -0.39 is 0 Å². The van der Waals surface area contributed by atoms with Crippen LogP contribution in [0.1, 0.15) is 27.8 Å². The van der Waals surface area contributed by atoms with Gasteiger partial charge in [0.1, 0.15) is 17.3 Å². The van der Waals surface area contributed by atoms with Crippen molar-refractivity contribution in [1.82, 2.24) is 9.97 Å². The third-order valence-electron chi connectivity index (χ3n) is 3.80. The lowest BCUT2D eigenvalue weighted by Gasteiger charge is -2.10. The Morgan fingerprint density at radius 2 is 1.70 bits per heavy atom.